The number of nitrogens with zero attached hydrogens (tertiary/aromatic N) is 3. The molecule has 0 saturated heterocycles. The van der Waals surface area contributed by atoms with Crippen molar-refractivity contribution in [3.05, 3.63) is 46.2 Å². The smallest absolute Gasteiger partial charge is 0.322 e. The van der Waals surface area contributed by atoms with E-state index < -0.39 is 11.8 Å². The van der Waals surface area contributed by atoms with Crippen molar-refractivity contribution in [2.45, 2.75) is 46.2 Å². The zero-order valence-electron chi connectivity index (χ0n) is 20.5. The number of aromatic nitrogens is 1. The van der Waals surface area contributed by atoms with Crippen LogP contribution in [0.25, 0.3) is 0 Å². The number of rotatable bonds is 14. The van der Waals surface area contributed by atoms with Crippen molar-refractivity contribution in [2.75, 3.05) is 45.2 Å². The van der Waals surface area contributed by atoms with Crippen molar-refractivity contribution >= 4 is 29.0 Å². The molecule has 0 saturated carbocycles. The maximum absolute atomic E-state index is 13.9. The Bertz CT molecular complexity index is 906. The summed E-state index contributed by atoms with van der Waals surface area (Å²) in [6, 6.07) is 5.56. The van der Waals surface area contributed by atoms with Gasteiger partial charge in [0.1, 0.15) is 16.5 Å². The van der Waals surface area contributed by atoms with Crippen LogP contribution in [0.4, 0.5) is 14.9 Å². The second kappa shape index (κ2) is 14.6. The number of nitrogens with one attached hydrogen (secondary N) is 2. The quantitative estimate of drug-likeness (QED) is 0.412. The summed E-state index contributed by atoms with van der Waals surface area (Å²) in [5.74, 6) is -0.737. The first-order valence-corrected chi connectivity index (χ1v) is 12.5. The summed E-state index contributed by atoms with van der Waals surface area (Å²) in [6.07, 6.45) is 1.90. The molecule has 0 spiro atoms. The molecule has 1 heterocycles. The lowest BCUT2D eigenvalue weighted by molar-refractivity contribution is 0.0932. The molecule has 10 heteroatoms. The standard InChI is InChI=1S/C24H36FN5O3S/c1-5-29(6-2)13-9-10-18(3)26-23(31)21-17-34-22(27-21)16-30(14-15-33-4)24(32)28-20-12-8-7-11-19(20)25/h7-8,11-12,17-18H,5-6,9-10,13-16H2,1-4H3,(H,26,31)(H,28,32). The van der Waals surface area contributed by atoms with Crippen LogP contribution in [0.2, 0.25) is 0 Å². The van der Waals surface area contributed by atoms with Crippen molar-refractivity contribution in [1.82, 2.24) is 20.1 Å². The van der Waals surface area contributed by atoms with E-state index in [0.29, 0.717) is 23.9 Å². The zero-order chi connectivity index (χ0) is 24.9. The molecule has 2 N–H and O–H groups in total. The first-order chi connectivity index (χ1) is 16.4. The third kappa shape index (κ3) is 9.00. The predicted molar refractivity (Wildman–Crippen MR) is 134 cm³/mol. The highest BCUT2D eigenvalue weighted by Gasteiger charge is 2.19. The SMILES string of the molecule is CCN(CC)CCCC(C)NC(=O)c1csc(CN(CCOC)C(=O)Nc2ccccc2F)n1. The second-order valence-electron chi connectivity index (χ2n) is 7.99. The highest BCUT2D eigenvalue weighted by atomic mass is 32.1. The molecule has 1 aromatic carbocycles. The maximum Gasteiger partial charge on any atom is 0.322 e. The van der Waals surface area contributed by atoms with Gasteiger partial charge in [-0.1, -0.05) is 26.0 Å². The van der Waals surface area contributed by atoms with Crippen molar-refractivity contribution in [3.8, 4) is 0 Å². The fourth-order valence-electron chi connectivity index (χ4n) is 3.39. The Hall–Kier alpha value is -2.56. The molecule has 8 nitrogen and oxygen atoms in total. The summed E-state index contributed by atoms with van der Waals surface area (Å²) in [5.41, 5.74) is 0.431. The van der Waals surface area contributed by atoms with Gasteiger partial charge in [-0.2, -0.15) is 0 Å². The number of hydrogen-bond donors (Lipinski definition) is 2. The number of amides is 3. The van der Waals surface area contributed by atoms with Crippen LogP contribution in [0.3, 0.4) is 0 Å². The summed E-state index contributed by atoms with van der Waals surface area (Å²) in [5, 5.41) is 7.88. The molecular formula is C24H36FN5O3S. The summed E-state index contributed by atoms with van der Waals surface area (Å²) >= 11 is 1.31. The fourth-order valence-corrected chi connectivity index (χ4v) is 4.18. The van der Waals surface area contributed by atoms with Crippen LogP contribution >= 0.6 is 11.3 Å². The molecule has 2 rings (SSSR count). The number of anilines is 1. The largest absolute Gasteiger partial charge is 0.383 e. The van der Waals surface area contributed by atoms with E-state index in [0.717, 1.165) is 32.5 Å². The Morgan fingerprint density at radius 2 is 1.94 bits per heavy atom. The number of benzene rings is 1. The molecule has 3 amide bonds. The minimum absolute atomic E-state index is 0.0398. The second-order valence-corrected chi connectivity index (χ2v) is 8.94. The van der Waals surface area contributed by atoms with Crippen LogP contribution in [0.15, 0.2) is 29.6 Å². The first-order valence-electron chi connectivity index (χ1n) is 11.6. The molecule has 1 aromatic heterocycles. The minimum atomic E-state index is -0.512. The maximum atomic E-state index is 13.9. The van der Waals surface area contributed by atoms with E-state index in [1.165, 1.54) is 28.4 Å². The monoisotopic (exact) mass is 493 g/mol. The Balaban J connectivity index is 1.93. The van der Waals surface area contributed by atoms with Gasteiger partial charge in [-0.3, -0.25) is 4.79 Å². The van der Waals surface area contributed by atoms with Crippen LogP contribution in [0, 0.1) is 5.82 Å². The highest BCUT2D eigenvalue weighted by molar-refractivity contribution is 7.09. The van der Waals surface area contributed by atoms with Gasteiger partial charge in [0.25, 0.3) is 5.91 Å². The third-order valence-electron chi connectivity index (χ3n) is 5.46. The van der Waals surface area contributed by atoms with Gasteiger partial charge in [0.2, 0.25) is 0 Å². The topological polar surface area (TPSA) is 86.8 Å². The van der Waals surface area contributed by atoms with Crippen LogP contribution in [-0.2, 0) is 11.3 Å². The van der Waals surface area contributed by atoms with Crippen LogP contribution < -0.4 is 10.6 Å². The molecule has 0 aliphatic carbocycles. The lowest BCUT2D eigenvalue weighted by Crippen LogP contribution is -2.37. The van der Waals surface area contributed by atoms with Crippen LogP contribution in [-0.4, -0.2) is 72.7 Å². The Kier molecular flexibility index (Phi) is 11.9. The van der Waals surface area contributed by atoms with E-state index in [4.69, 9.17) is 4.74 Å². The number of halogens is 1. The molecule has 0 bridgehead atoms. The van der Waals surface area contributed by atoms with Gasteiger partial charge in [0.05, 0.1) is 18.8 Å². The molecule has 0 fully saturated rings. The van der Waals surface area contributed by atoms with Gasteiger partial charge in [-0.15, -0.1) is 11.3 Å². The first kappa shape index (κ1) is 27.7. The number of para-hydroxylation sites is 1. The summed E-state index contributed by atoms with van der Waals surface area (Å²) in [6.45, 7) is 10.1. The number of ether oxygens (including phenoxy) is 1. The van der Waals surface area contributed by atoms with Gasteiger partial charge in [0.15, 0.2) is 0 Å². The van der Waals surface area contributed by atoms with Gasteiger partial charge in [-0.05, 0) is 51.5 Å². The molecule has 188 valence electrons. The molecule has 0 aliphatic heterocycles. The average molecular weight is 494 g/mol. The molecule has 1 unspecified atom stereocenters. The van der Waals surface area contributed by atoms with Crippen molar-refractivity contribution in [2.24, 2.45) is 0 Å². The molecule has 0 radical (unpaired) electrons. The Morgan fingerprint density at radius 1 is 1.21 bits per heavy atom. The highest BCUT2D eigenvalue weighted by Crippen LogP contribution is 2.16. The molecule has 1 atom stereocenters. The number of carbonyl (C=O) groups is 2. The number of carbonyl (C=O) groups excluding carboxylic acids is 2. The van der Waals surface area contributed by atoms with Gasteiger partial charge in [-0.25, -0.2) is 14.2 Å². The van der Waals surface area contributed by atoms with Crippen LogP contribution in [0.5, 0.6) is 0 Å². The van der Waals surface area contributed by atoms with E-state index in [1.54, 1.807) is 24.6 Å². The van der Waals surface area contributed by atoms with E-state index in [1.807, 2.05) is 6.92 Å². The number of hydrogen-bond acceptors (Lipinski definition) is 6. The van der Waals surface area contributed by atoms with Gasteiger partial charge in [0, 0.05) is 25.1 Å². The normalized spacial score (nSPS) is 11.9. The Labute approximate surface area is 205 Å². The molecule has 34 heavy (non-hydrogen) atoms. The van der Waals surface area contributed by atoms with E-state index >= 15 is 0 Å². The lowest BCUT2D eigenvalue weighted by atomic mass is 10.1. The lowest BCUT2D eigenvalue weighted by Gasteiger charge is -2.22. The van der Waals surface area contributed by atoms with Crippen molar-refractivity contribution in [1.29, 1.82) is 0 Å². The zero-order valence-corrected chi connectivity index (χ0v) is 21.3. The average Bonchev–Trinajstić information content (AvgIpc) is 3.29. The molecule has 2 aromatic rings. The van der Waals surface area contributed by atoms with Gasteiger partial charge < -0.3 is 25.2 Å². The molecular weight excluding hydrogens is 457 g/mol. The molecule has 0 aliphatic rings. The summed E-state index contributed by atoms with van der Waals surface area (Å²) in [7, 11) is 1.54. The third-order valence-corrected chi connectivity index (χ3v) is 6.30. The minimum Gasteiger partial charge on any atom is -0.383 e. The van der Waals surface area contributed by atoms with E-state index in [2.05, 4.69) is 34.4 Å². The number of thiazole rings is 1. The van der Waals surface area contributed by atoms with Crippen molar-refractivity contribution < 1.29 is 18.7 Å². The van der Waals surface area contributed by atoms with Crippen LogP contribution in [0.1, 0.15) is 49.1 Å². The predicted octanol–water partition coefficient (Wildman–Crippen LogP) is 4.20. The summed E-state index contributed by atoms with van der Waals surface area (Å²) in [4.78, 5) is 33.6. The fraction of sp³-hybridized carbons (Fsp3) is 0.542. The van der Waals surface area contributed by atoms with E-state index in [-0.39, 0.29) is 24.2 Å². The number of urea groups is 1. The summed E-state index contributed by atoms with van der Waals surface area (Å²) < 4.78 is 19.0. The number of methoxy groups -OCH3 is 1. The van der Waals surface area contributed by atoms with Gasteiger partial charge >= 0.3 is 6.03 Å². The van der Waals surface area contributed by atoms with E-state index in [9.17, 15) is 14.0 Å². The van der Waals surface area contributed by atoms with Crippen molar-refractivity contribution in [3.63, 3.8) is 0 Å². The Morgan fingerprint density at radius 3 is 2.62 bits per heavy atom.